The highest BCUT2D eigenvalue weighted by atomic mass is 35.5. The van der Waals surface area contributed by atoms with Crippen LogP contribution in [0.1, 0.15) is 26.3 Å². The van der Waals surface area contributed by atoms with E-state index in [4.69, 9.17) is 11.6 Å². The molecule has 114 valence electrons. The van der Waals surface area contributed by atoms with Gasteiger partial charge in [0.1, 0.15) is 5.82 Å². The molecule has 1 nitrogen and oxygen atoms in total. The summed E-state index contributed by atoms with van der Waals surface area (Å²) in [5.74, 6) is 0.237. The molecule has 1 unspecified atom stereocenters. The van der Waals surface area contributed by atoms with Crippen LogP contribution >= 0.6 is 11.6 Å². The van der Waals surface area contributed by atoms with Crippen LogP contribution in [0.25, 0.3) is 11.1 Å². The standard InChI is InChI=1S/C15H14ClFOS.C2H6/c1-3-19(18)11-7-8-14(16)13(9-11)12-6-4-5-10(2)15(12)17;1-2/h4-9H,3H2,1-2H3;1-2H3. The van der Waals surface area contributed by atoms with E-state index in [1.807, 2.05) is 20.8 Å². The van der Waals surface area contributed by atoms with Crippen molar-refractivity contribution in [2.45, 2.75) is 32.6 Å². The predicted molar refractivity (Wildman–Crippen MR) is 89.9 cm³/mol. The summed E-state index contributed by atoms with van der Waals surface area (Å²) in [6.07, 6.45) is 0. The Morgan fingerprint density at radius 2 is 1.81 bits per heavy atom. The zero-order valence-corrected chi connectivity index (χ0v) is 14.3. The van der Waals surface area contributed by atoms with Crippen LogP contribution in [0.15, 0.2) is 41.3 Å². The van der Waals surface area contributed by atoms with Gasteiger partial charge in [0.25, 0.3) is 0 Å². The molecule has 2 aromatic carbocycles. The monoisotopic (exact) mass is 326 g/mol. The third-order valence-electron chi connectivity index (χ3n) is 2.94. The van der Waals surface area contributed by atoms with Gasteiger partial charge in [-0.3, -0.25) is 4.21 Å². The van der Waals surface area contributed by atoms with E-state index >= 15 is 0 Å². The quantitative estimate of drug-likeness (QED) is 0.716. The molecule has 1 atom stereocenters. The van der Waals surface area contributed by atoms with Gasteiger partial charge in [0.15, 0.2) is 0 Å². The summed E-state index contributed by atoms with van der Waals surface area (Å²) in [5, 5.41) is 0.460. The Kier molecular flexibility index (Phi) is 7.06. The van der Waals surface area contributed by atoms with E-state index in [-0.39, 0.29) is 5.82 Å². The zero-order valence-electron chi connectivity index (χ0n) is 12.7. The molecule has 0 fully saturated rings. The van der Waals surface area contributed by atoms with E-state index in [2.05, 4.69) is 0 Å². The number of benzene rings is 2. The minimum absolute atomic E-state index is 0.288. The van der Waals surface area contributed by atoms with Crippen molar-refractivity contribution in [2.75, 3.05) is 5.75 Å². The Morgan fingerprint density at radius 3 is 2.43 bits per heavy atom. The smallest absolute Gasteiger partial charge is 0.133 e. The van der Waals surface area contributed by atoms with Crippen LogP contribution < -0.4 is 0 Å². The minimum Gasteiger partial charge on any atom is -0.254 e. The Hall–Kier alpha value is -1.19. The molecule has 0 aliphatic carbocycles. The lowest BCUT2D eigenvalue weighted by Crippen LogP contribution is -1.96. The van der Waals surface area contributed by atoms with Gasteiger partial charge in [0.05, 0.1) is 10.8 Å². The summed E-state index contributed by atoms with van der Waals surface area (Å²) in [6.45, 7) is 7.55. The molecule has 0 heterocycles. The number of rotatable bonds is 3. The maximum absolute atomic E-state index is 14.1. The molecule has 21 heavy (non-hydrogen) atoms. The van der Waals surface area contributed by atoms with Crippen molar-refractivity contribution in [2.24, 2.45) is 0 Å². The summed E-state index contributed by atoms with van der Waals surface area (Å²) < 4.78 is 26.0. The van der Waals surface area contributed by atoms with Gasteiger partial charge in [0, 0.05) is 26.8 Å². The molecule has 2 aromatic rings. The second-order valence-electron chi connectivity index (χ2n) is 4.21. The highest BCUT2D eigenvalue weighted by Crippen LogP contribution is 2.32. The Bertz CT molecular complexity index is 641. The van der Waals surface area contributed by atoms with Crippen molar-refractivity contribution in [3.05, 3.63) is 52.8 Å². The third kappa shape index (κ3) is 4.14. The van der Waals surface area contributed by atoms with Gasteiger partial charge in [0.2, 0.25) is 0 Å². The van der Waals surface area contributed by atoms with Crippen LogP contribution in [0.2, 0.25) is 5.02 Å². The number of halogens is 2. The largest absolute Gasteiger partial charge is 0.254 e. The van der Waals surface area contributed by atoms with Crippen LogP contribution in [0, 0.1) is 12.7 Å². The first kappa shape index (κ1) is 17.9. The molecule has 0 radical (unpaired) electrons. The SMILES string of the molecule is CC.CCS(=O)c1ccc(Cl)c(-c2cccc(C)c2F)c1. The van der Waals surface area contributed by atoms with E-state index < -0.39 is 10.8 Å². The minimum atomic E-state index is -1.08. The maximum Gasteiger partial charge on any atom is 0.133 e. The Morgan fingerprint density at radius 1 is 1.14 bits per heavy atom. The van der Waals surface area contributed by atoms with Crippen molar-refractivity contribution < 1.29 is 8.60 Å². The lowest BCUT2D eigenvalue weighted by molar-refractivity contribution is 0.622. The third-order valence-corrected chi connectivity index (χ3v) is 4.58. The number of hydrogen-bond acceptors (Lipinski definition) is 1. The van der Waals surface area contributed by atoms with Gasteiger partial charge >= 0.3 is 0 Å². The molecule has 2 rings (SSSR count). The topological polar surface area (TPSA) is 17.1 Å². The second kappa shape index (κ2) is 8.30. The summed E-state index contributed by atoms with van der Waals surface area (Å²) in [7, 11) is -1.08. The molecule has 0 aliphatic heterocycles. The summed E-state index contributed by atoms with van der Waals surface area (Å²) in [4.78, 5) is 0.669. The van der Waals surface area contributed by atoms with Gasteiger partial charge in [-0.15, -0.1) is 0 Å². The molecule has 0 amide bonds. The van der Waals surface area contributed by atoms with Crippen molar-refractivity contribution in [1.82, 2.24) is 0 Å². The average molecular weight is 327 g/mol. The lowest BCUT2D eigenvalue weighted by atomic mass is 10.0. The molecule has 0 saturated heterocycles. The Balaban J connectivity index is 0.00000106. The molecule has 0 aromatic heterocycles. The first-order valence-corrected chi connectivity index (χ1v) is 8.67. The zero-order chi connectivity index (χ0) is 16.0. The predicted octanol–water partition coefficient (Wildman–Crippen LogP) is 5.61. The van der Waals surface area contributed by atoms with Crippen LogP contribution in [0.4, 0.5) is 4.39 Å². The molecular formula is C17H20ClFOS. The summed E-state index contributed by atoms with van der Waals surface area (Å²) in [5.41, 5.74) is 1.60. The molecule has 4 heteroatoms. The molecule has 0 spiro atoms. The van der Waals surface area contributed by atoms with E-state index in [9.17, 15) is 8.60 Å². The maximum atomic E-state index is 14.1. The summed E-state index contributed by atoms with van der Waals surface area (Å²) in [6, 6.07) is 10.3. The first-order valence-electron chi connectivity index (χ1n) is 6.98. The van der Waals surface area contributed by atoms with Crippen LogP contribution in [0.3, 0.4) is 0 Å². The first-order chi connectivity index (χ1) is 10.0. The van der Waals surface area contributed by atoms with Gasteiger partial charge in [-0.1, -0.05) is 50.6 Å². The highest BCUT2D eigenvalue weighted by Gasteiger charge is 2.12. The normalized spacial score (nSPS) is 11.5. The van der Waals surface area contributed by atoms with Crippen molar-refractivity contribution in [3.8, 4) is 11.1 Å². The highest BCUT2D eigenvalue weighted by molar-refractivity contribution is 7.85. The van der Waals surface area contributed by atoms with Crippen molar-refractivity contribution in [3.63, 3.8) is 0 Å². The lowest BCUT2D eigenvalue weighted by Gasteiger charge is -2.09. The number of hydrogen-bond donors (Lipinski definition) is 0. The van der Waals surface area contributed by atoms with E-state index in [1.165, 1.54) is 0 Å². The van der Waals surface area contributed by atoms with Crippen molar-refractivity contribution in [1.29, 1.82) is 0 Å². The van der Waals surface area contributed by atoms with Gasteiger partial charge < -0.3 is 0 Å². The molecular weight excluding hydrogens is 307 g/mol. The molecule has 0 N–H and O–H groups in total. The van der Waals surface area contributed by atoms with E-state index in [0.29, 0.717) is 32.4 Å². The van der Waals surface area contributed by atoms with Gasteiger partial charge in [-0.2, -0.15) is 0 Å². The van der Waals surface area contributed by atoms with Crippen LogP contribution in [-0.4, -0.2) is 9.96 Å². The van der Waals surface area contributed by atoms with Gasteiger partial charge in [-0.05, 0) is 30.7 Å². The van der Waals surface area contributed by atoms with Crippen LogP contribution in [0.5, 0.6) is 0 Å². The van der Waals surface area contributed by atoms with E-state index in [1.54, 1.807) is 43.3 Å². The van der Waals surface area contributed by atoms with Crippen LogP contribution in [-0.2, 0) is 10.8 Å². The fourth-order valence-electron chi connectivity index (χ4n) is 1.87. The molecule has 0 saturated carbocycles. The fraction of sp³-hybridized carbons (Fsp3) is 0.294. The van der Waals surface area contributed by atoms with Gasteiger partial charge in [-0.25, -0.2) is 4.39 Å². The Labute approximate surface area is 133 Å². The summed E-state index contributed by atoms with van der Waals surface area (Å²) >= 11 is 6.14. The molecule has 0 aliphatic rings. The second-order valence-corrected chi connectivity index (χ2v) is 6.36. The van der Waals surface area contributed by atoms with Crippen molar-refractivity contribution >= 4 is 22.4 Å². The van der Waals surface area contributed by atoms with E-state index in [0.717, 1.165) is 0 Å². The number of aryl methyl sites for hydroxylation is 1. The average Bonchev–Trinajstić information content (AvgIpc) is 2.52. The molecule has 0 bridgehead atoms. The fourth-order valence-corrected chi connectivity index (χ4v) is 2.90.